The van der Waals surface area contributed by atoms with Crippen LogP contribution in [0.5, 0.6) is 0 Å². The van der Waals surface area contributed by atoms with E-state index in [0.717, 1.165) is 23.7 Å². The second kappa shape index (κ2) is 11.8. The molecule has 5 aliphatic rings. The Hall–Kier alpha value is -6.44. The summed E-state index contributed by atoms with van der Waals surface area (Å²) < 4.78 is 2.41. The van der Waals surface area contributed by atoms with Crippen LogP contribution in [0.1, 0.15) is 43.2 Å². The van der Waals surface area contributed by atoms with Crippen molar-refractivity contribution in [2.24, 2.45) is 23.7 Å². The summed E-state index contributed by atoms with van der Waals surface area (Å²) in [4.78, 5) is 0. The lowest BCUT2D eigenvalue weighted by Gasteiger charge is -2.61. The monoisotopic (exact) mass is 753 g/mol. The maximum absolute atomic E-state index is 2.62. The highest BCUT2D eigenvalue weighted by atomic mass is 15.0. The molecule has 1 spiro atoms. The van der Waals surface area contributed by atoms with Gasteiger partial charge in [0, 0.05) is 21.9 Å². The fraction of sp³-hybridized carbons (Fsp3) is 0.172. The molecule has 1 heterocycles. The van der Waals surface area contributed by atoms with Gasteiger partial charge in [-0.3, -0.25) is 0 Å². The quantitative estimate of drug-likeness (QED) is 0.158. The molecule has 1 aromatic heterocycles. The van der Waals surface area contributed by atoms with Crippen molar-refractivity contribution < 1.29 is 0 Å². The third-order valence-electron chi connectivity index (χ3n) is 15.7. The molecule has 0 radical (unpaired) electrons. The Balaban J connectivity index is 1.02. The van der Waals surface area contributed by atoms with Gasteiger partial charge in [-0.15, -0.1) is 0 Å². The first kappa shape index (κ1) is 32.5. The Morgan fingerprint density at radius 1 is 0.373 bits per heavy atom. The summed E-state index contributed by atoms with van der Waals surface area (Å²) in [6.07, 6.45) is 7.07. The van der Waals surface area contributed by atoms with Crippen LogP contribution in [-0.4, -0.2) is 4.57 Å². The molecule has 15 rings (SSSR count). The summed E-state index contributed by atoms with van der Waals surface area (Å²) in [5.74, 6) is 3.33. The number of benzene rings is 9. The minimum Gasteiger partial charge on any atom is -0.309 e. The minimum atomic E-state index is 0.136. The van der Waals surface area contributed by atoms with Gasteiger partial charge in [0.05, 0.1) is 11.0 Å². The molecule has 0 saturated heterocycles. The molecule has 280 valence electrons. The molecule has 4 saturated carbocycles. The Morgan fingerprint density at radius 3 is 1.58 bits per heavy atom. The van der Waals surface area contributed by atoms with Crippen molar-refractivity contribution in [3.8, 4) is 39.1 Å². The van der Waals surface area contributed by atoms with Gasteiger partial charge < -0.3 is 4.57 Å². The van der Waals surface area contributed by atoms with Crippen molar-refractivity contribution in [3.05, 3.63) is 187 Å². The largest absolute Gasteiger partial charge is 0.309 e. The first-order chi connectivity index (χ1) is 29.2. The highest BCUT2D eigenvalue weighted by Crippen LogP contribution is 2.70. The first-order valence-electron chi connectivity index (χ1n) is 21.9. The van der Waals surface area contributed by atoms with Crippen molar-refractivity contribution in [3.63, 3.8) is 0 Å². The number of rotatable bonds is 3. The third-order valence-corrected chi connectivity index (χ3v) is 15.7. The highest BCUT2D eigenvalue weighted by molar-refractivity contribution is 6.23. The summed E-state index contributed by atoms with van der Waals surface area (Å²) in [5.41, 5.74) is 15.3. The molecule has 5 aliphatic carbocycles. The molecule has 59 heavy (non-hydrogen) atoms. The van der Waals surface area contributed by atoms with E-state index in [1.807, 2.05) is 0 Å². The van der Waals surface area contributed by atoms with Crippen LogP contribution in [-0.2, 0) is 5.41 Å². The lowest BCUT2D eigenvalue weighted by molar-refractivity contribution is -0.0399. The van der Waals surface area contributed by atoms with Gasteiger partial charge in [-0.25, -0.2) is 0 Å². The number of hydrogen-bond acceptors (Lipinski definition) is 0. The normalized spacial score (nSPS) is 22.6. The molecule has 0 atom stereocenters. The van der Waals surface area contributed by atoms with Crippen LogP contribution in [0.25, 0.3) is 93.2 Å². The van der Waals surface area contributed by atoms with Gasteiger partial charge in [-0.1, -0.05) is 140 Å². The molecule has 9 aromatic carbocycles. The highest BCUT2D eigenvalue weighted by Gasteiger charge is 2.61. The van der Waals surface area contributed by atoms with E-state index < -0.39 is 0 Å². The van der Waals surface area contributed by atoms with Gasteiger partial charge in [0.2, 0.25) is 0 Å². The third kappa shape index (κ3) is 4.25. The zero-order chi connectivity index (χ0) is 38.4. The van der Waals surface area contributed by atoms with E-state index in [1.54, 1.807) is 11.1 Å². The number of nitrogens with zero attached hydrogens (tertiary/aromatic N) is 1. The summed E-state index contributed by atoms with van der Waals surface area (Å²) in [6.45, 7) is 0. The molecule has 4 bridgehead atoms. The van der Waals surface area contributed by atoms with Crippen molar-refractivity contribution in [2.75, 3.05) is 0 Å². The lowest BCUT2D eigenvalue weighted by Crippen LogP contribution is -2.55. The number of para-hydroxylation sites is 2. The van der Waals surface area contributed by atoms with Crippen LogP contribution >= 0.6 is 0 Å². The maximum atomic E-state index is 2.62. The van der Waals surface area contributed by atoms with E-state index in [0.29, 0.717) is 0 Å². The summed E-state index contributed by atoms with van der Waals surface area (Å²) >= 11 is 0. The summed E-state index contributed by atoms with van der Waals surface area (Å²) in [7, 11) is 0. The van der Waals surface area contributed by atoms with Gasteiger partial charge in [0.25, 0.3) is 0 Å². The van der Waals surface area contributed by atoms with Crippen molar-refractivity contribution in [2.45, 2.75) is 37.5 Å². The minimum absolute atomic E-state index is 0.136. The van der Waals surface area contributed by atoms with Gasteiger partial charge >= 0.3 is 0 Å². The van der Waals surface area contributed by atoms with E-state index in [-0.39, 0.29) is 5.41 Å². The van der Waals surface area contributed by atoms with E-state index in [9.17, 15) is 0 Å². The van der Waals surface area contributed by atoms with Crippen LogP contribution in [0, 0.1) is 23.7 Å². The predicted octanol–water partition coefficient (Wildman–Crippen LogP) is 15.3. The average molecular weight is 754 g/mol. The summed E-state index contributed by atoms with van der Waals surface area (Å²) in [5, 5.41) is 10.6. The zero-order valence-corrected chi connectivity index (χ0v) is 33.0. The molecule has 1 heteroatoms. The molecule has 10 aromatic rings. The van der Waals surface area contributed by atoms with E-state index in [1.165, 1.54) is 125 Å². The Kier molecular flexibility index (Phi) is 6.52. The number of fused-ring (bicyclic) bond motifs is 10. The summed E-state index contributed by atoms with van der Waals surface area (Å²) in [6, 6.07) is 67.1. The zero-order valence-electron chi connectivity index (χ0n) is 33.0. The SMILES string of the molecule is c1ccc(-n2c3ccccc3c3cc(-c4c5ccccc5c(-c5ccc6c(c5)-c5c(ccc7ccccc57)C65C6CC7CC(C6)CC5C7)c5ccccc45)ccc32)cc1. The molecule has 0 aliphatic heterocycles. The second-order valence-electron chi connectivity index (χ2n) is 18.4. The Bertz CT molecular complexity index is 3310. The van der Waals surface area contributed by atoms with Gasteiger partial charge in [-0.2, -0.15) is 0 Å². The first-order valence-corrected chi connectivity index (χ1v) is 21.9. The van der Waals surface area contributed by atoms with Crippen molar-refractivity contribution in [1.29, 1.82) is 0 Å². The molecule has 0 amide bonds. The van der Waals surface area contributed by atoms with Gasteiger partial charge in [0.1, 0.15) is 0 Å². The van der Waals surface area contributed by atoms with E-state index >= 15 is 0 Å². The second-order valence-corrected chi connectivity index (χ2v) is 18.4. The molecule has 4 fully saturated rings. The van der Waals surface area contributed by atoms with Crippen LogP contribution in [0.15, 0.2) is 176 Å². The van der Waals surface area contributed by atoms with E-state index in [2.05, 4.69) is 180 Å². The molecular weight excluding hydrogens is 711 g/mol. The topological polar surface area (TPSA) is 4.93 Å². The maximum Gasteiger partial charge on any atom is 0.0541 e. The fourth-order valence-electron chi connectivity index (χ4n) is 13.9. The lowest BCUT2D eigenvalue weighted by atomic mass is 9.43. The van der Waals surface area contributed by atoms with Crippen molar-refractivity contribution in [1.82, 2.24) is 4.57 Å². The van der Waals surface area contributed by atoms with Crippen LogP contribution in [0.3, 0.4) is 0 Å². The smallest absolute Gasteiger partial charge is 0.0541 e. The Labute approximate surface area is 344 Å². The Morgan fingerprint density at radius 2 is 0.898 bits per heavy atom. The van der Waals surface area contributed by atoms with Crippen molar-refractivity contribution >= 4 is 54.1 Å². The van der Waals surface area contributed by atoms with Crippen LogP contribution < -0.4 is 0 Å². The molecule has 1 nitrogen and oxygen atoms in total. The van der Waals surface area contributed by atoms with E-state index in [4.69, 9.17) is 0 Å². The van der Waals surface area contributed by atoms with Crippen LogP contribution in [0.2, 0.25) is 0 Å². The predicted molar refractivity (Wildman–Crippen MR) is 247 cm³/mol. The standard InChI is InChI=1S/C58H43N/c1-2-13-42(14-3-1)59-53-21-11-10-16-44(53)49-33-39(24-27-54(49)59)56-47-19-8-6-17-45(47)55(46-18-7-9-20-48(46)56)38-23-25-51-50(34-38)57-43-15-5-4-12-37(43)22-26-52(57)58(51)40-29-35-28-36(31-40)32-41(58)30-35/h1-27,33-36,40-41H,28-32H2. The number of hydrogen-bond donors (Lipinski definition) is 0. The fourth-order valence-corrected chi connectivity index (χ4v) is 13.9. The average Bonchev–Trinajstić information content (AvgIpc) is 3.77. The van der Waals surface area contributed by atoms with Crippen LogP contribution in [0.4, 0.5) is 0 Å². The van der Waals surface area contributed by atoms with Gasteiger partial charge in [0.15, 0.2) is 0 Å². The molecule has 0 N–H and O–H groups in total. The molecule has 0 unspecified atom stereocenters. The molecular formula is C58H43N. The van der Waals surface area contributed by atoms with Gasteiger partial charge in [-0.05, 0) is 169 Å². The number of aromatic nitrogens is 1.